The second kappa shape index (κ2) is 13.7. The maximum atomic E-state index is 12.6. The number of aliphatic carboxylic acids is 1. The Labute approximate surface area is 228 Å². The summed E-state index contributed by atoms with van der Waals surface area (Å²) in [7, 11) is 0.453. The van der Waals surface area contributed by atoms with Gasteiger partial charge in [0.1, 0.15) is 6.10 Å². The summed E-state index contributed by atoms with van der Waals surface area (Å²) in [5, 5.41) is 24.1. The van der Waals surface area contributed by atoms with Gasteiger partial charge in [0, 0.05) is 24.0 Å². The van der Waals surface area contributed by atoms with Crippen LogP contribution in [0.2, 0.25) is 5.02 Å². The number of halogens is 1. The van der Waals surface area contributed by atoms with Crippen LogP contribution in [0.15, 0.2) is 58.5 Å². The number of carboxylic acids is 1. The van der Waals surface area contributed by atoms with Crippen molar-refractivity contribution in [2.75, 3.05) is 31.4 Å². The van der Waals surface area contributed by atoms with E-state index in [2.05, 4.69) is 9.84 Å². The molecule has 0 saturated carbocycles. The maximum absolute atomic E-state index is 12.6. The predicted octanol–water partition coefficient (Wildman–Crippen LogP) is 3.06. The lowest BCUT2D eigenvalue weighted by Crippen LogP contribution is -2.32. The summed E-state index contributed by atoms with van der Waals surface area (Å²) in [6.07, 6.45) is -1.66. The Morgan fingerprint density at radius 1 is 1.08 bits per heavy atom. The monoisotopic (exact) mass is 567 g/mol. The highest BCUT2D eigenvalue weighted by atomic mass is 35.5. The van der Waals surface area contributed by atoms with Gasteiger partial charge in [-0.2, -0.15) is 5.10 Å². The topological polar surface area (TPSA) is 137 Å². The van der Waals surface area contributed by atoms with Gasteiger partial charge in [-0.25, -0.2) is 18.0 Å². The third-order valence-corrected chi connectivity index (χ3v) is 7.96. The van der Waals surface area contributed by atoms with Gasteiger partial charge >= 0.3 is 11.9 Å². The van der Waals surface area contributed by atoms with E-state index in [0.29, 0.717) is 9.92 Å². The standard InChI is InChI=1S/C20H24ClN3O2S.C6H10O5/c1-15(23(2)3)14-27(25,26)19-10-8-18(9-11-19)24-13-12-20(22-24)16-4-6-17(21)7-5-16;1-3(7)6(10)11-4(2)5(8)9/h4-11,15H,12-14H2,1-3H3;3-4,7H,1-2H3,(H,8,9). The summed E-state index contributed by atoms with van der Waals surface area (Å²) in [5.74, 6) is -2.07. The number of carbonyl (C=O) groups is 2. The minimum Gasteiger partial charge on any atom is -0.479 e. The van der Waals surface area contributed by atoms with Crippen LogP contribution >= 0.6 is 11.6 Å². The Morgan fingerprint density at radius 2 is 1.66 bits per heavy atom. The number of anilines is 1. The van der Waals surface area contributed by atoms with Gasteiger partial charge in [0.05, 0.1) is 22.0 Å². The molecule has 208 valence electrons. The number of benzene rings is 2. The normalized spacial score (nSPS) is 15.7. The molecule has 1 heterocycles. The van der Waals surface area contributed by atoms with Crippen LogP contribution in [0.25, 0.3) is 0 Å². The van der Waals surface area contributed by atoms with E-state index < -0.39 is 34.0 Å². The molecule has 0 aliphatic carbocycles. The molecule has 0 bridgehead atoms. The number of esters is 1. The van der Waals surface area contributed by atoms with E-state index in [1.165, 1.54) is 13.8 Å². The van der Waals surface area contributed by atoms with E-state index >= 15 is 0 Å². The van der Waals surface area contributed by atoms with Crippen LogP contribution in [0.5, 0.6) is 0 Å². The first-order chi connectivity index (χ1) is 17.7. The van der Waals surface area contributed by atoms with Crippen LogP contribution in [0.1, 0.15) is 32.8 Å². The Hall–Kier alpha value is -2.99. The lowest BCUT2D eigenvalue weighted by atomic mass is 10.1. The number of sulfone groups is 1. The first-order valence-electron chi connectivity index (χ1n) is 11.9. The molecule has 0 spiro atoms. The summed E-state index contributed by atoms with van der Waals surface area (Å²) in [6, 6.07) is 14.6. The number of aliphatic hydroxyl groups is 1. The molecule has 10 nitrogen and oxygen atoms in total. The summed E-state index contributed by atoms with van der Waals surface area (Å²) in [4.78, 5) is 22.9. The summed E-state index contributed by atoms with van der Waals surface area (Å²) < 4.78 is 29.4. The third-order valence-electron chi connectivity index (χ3n) is 5.80. The molecular weight excluding hydrogens is 534 g/mol. The number of ether oxygens (including phenoxy) is 1. The highest BCUT2D eigenvalue weighted by Gasteiger charge is 2.22. The zero-order valence-electron chi connectivity index (χ0n) is 22.0. The number of rotatable bonds is 9. The van der Waals surface area contributed by atoms with Crippen molar-refractivity contribution in [3.8, 4) is 0 Å². The molecule has 3 rings (SSSR count). The smallest absolute Gasteiger partial charge is 0.344 e. The molecular formula is C26H34ClN3O7S. The largest absolute Gasteiger partial charge is 0.479 e. The SMILES string of the molecule is CC(CS(=O)(=O)c1ccc(N2CCC(c3ccc(Cl)cc3)=N2)cc1)N(C)C.CC(O)C(=O)OC(C)C(=O)O. The molecule has 3 atom stereocenters. The van der Waals surface area contributed by atoms with E-state index in [-0.39, 0.29) is 11.8 Å². The zero-order chi connectivity index (χ0) is 28.6. The average Bonchev–Trinajstić information content (AvgIpc) is 3.35. The first-order valence-corrected chi connectivity index (χ1v) is 14.0. The van der Waals surface area contributed by atoms with Gasteiger partial charge < -0.3 is 19.8 Å². The highest BCUT2D eigenvalue weighted by molar-refractivity contribution is 7.91. The molecule has 0 fully saturated rings. The van der Waals surface area contributed by atoms with Crippen molar-refractivity contribution < 1.29 is 33.0 Å². The molecule has 0 saturated heterocycles. The maximum Gasteiger partial charge on any atom is 0.344 e. The van der Waals surface area contributed by atoms with Gasteiger partial charge in [-0.05, 0) is 76.8 Å². The molecule has 0 amide bonds. The summed E-state index contributed by atoms with van der Waals surface area (Å²) >= 11 is 5.94. The van der Waals surface area contributed by atoms with Crippen molar-refractivity contribution in [1.29, 1.82) is 0 Å². The first kappa shape index (κ1) is 31.2. The number of carbonyl (C=O) groups excluding carboxylic acids is 1. The van der Waals surface area contributed by atoms with Crippen LogP contribution in [0, 0.1) is 0 Å². The number of aliphatic hydroxyl groups excluding tert-OH is 1. The van der Waals surface area contributed by atoms with Crippen LogP contribution in [-0.4, -0.2) is 85.8 Å². The number of nitrogens with zero attached hydrogens (tertiary/aromatic N) is 3. The van der Waals surface area contributed by atoms with Crippen molar-refractivity contribution in [1.82, 2.24) is 4.90 Å². The number of hydrogen-bond donors (Lipinski definition) is 2. The molecule has 1 aliphatic heterocycles. The lowest BCUT2D eigenvalue weighted by Gasteiger charge is -2.20. The number of hydrazone groups is 1. The fourth-order valence-corrected chi connectivity index (χ4v) is 5.00. The van der Waals surface area contributed by atoms with Gasteiger partial charge in [-0.15, -0.1) is 0 Å². The second-order valence-corrected chi connectivity index (χ2v) is 11.6. The second-order valence-electron chi connectivity index (χ2n) is 9.11. The van der Waals surface area contributed by atoms with E-state index in [1.807, 2.05) is 67.3 Å². The molecule has 3 unspecified atom stereocenters. The minimum atomic E-state index is -3.31. The van der Waals surface area contributed by atoms with Crippen LogP contribution in [0.4, 0.5) is 5.69 Å². The summed E-state index contributed by atoms with van der Waals surface area (Å²) in [5.41, 5.74) is 2.94. The highest BCUT2D eigenvalue weighted by Crippen LogP contribution is 2.24. The summed E-state index contributed by atoms with van der Waals surface area (Å²) in [6.45, 7) is 5.09. The predicted molar refractivity (Wildman–Crippen MR) is 146 cm³/mol. The quantitative estimate of drug-likeness (QED) is 0.438. The van der Waals surface area contributed by atoms with Gasteiger partial charge in [0.2, 0.25) is 0 Å². The van der Waals surface area contributed by atoms with Crippen molar-refractivity contribution in [3.63, 3.8) is 0 Å². The van der Waals surface area contributed by atoms with Crippen molar-refractivity contribution in [3.05, 3.63) is 59.1 Å². The Bertz CT molecular complexity index is 1230. The van der Waals surface area contributed by atoms with Gasteiger partial charge in [0.15, 0.2) is 15.9 Å². The Balaban J connectivity index is 0.000000391. The van der Waals surface area contributed by atoms with Crippen LogP contribution in [-0.2, 0) is 24.2 Å². The van der Waals surface area contributed by atoms with E-state index in [9.17, 15) is 18.0 Å². The number of carboxylic acid groups (broad SMARTS) is 1. The fourth-order valence-electron chi connectivity index (χ4n) is 3.20. The number of hydrogen-bond acceptors (Lipinski definition) is 9. The van der Waals surface area contributed by atoms with Gasteiger partial charge in [0.25, 0.3) is 0 Å². The molecule has 1 aliphatic rings. The fraction of sp³-hybridized carbons (Fsp3) is 0.423. The lowest BCUT2D eigenvalue weighted by molar-refractivity contribution is -0.168. The Kier molecular flexibility index (Phi) is 11.3. The molecule has 0 aromatic heterocycles. The zero-order valence-corrected chi connectivity index (χ0v) is 23.6. The van der Waals surface area contributed by atoms with Gasteiger partial charge in [-0.1, -0.05) is 23.7 Å². The molecule has 2 N–H and O–H groups in total. The van der Waals surface area contributed by atoms with E-state index in [1.54, 1.807) is 12.1 Å². The van der Waals surface area contributed by atoms with Crippen LogP contribution in [0.3, 0.4) is 0 Å². The third kappa shape index (κ3) is 9.09. The van der Waals surface area contributed by atoms with Crippen LogP contribution < -0.4 is 5.01 Å². The van der Waals surface area contributed by atoms with E-state index in [4.69, 9.17) is 21.8 Å². The van der Waals surface area contributed by atoms with Gasteiger partial charge in [-0.3, -0.25) is 5.01 Å². The molecule has 0 radical (unpaired) electrons. The van der Waals surface area contributed by atoms with Crippen molar-refractivity contribution in [2.45, 2.75) is 50.3 Å². The molecule has 2 aromatic carbocycles. The Morgan fingerprint density at radius 3 is 2.16 bits per heavy atom. The van der Waals surface area contributed by atoms with E-state index in [0.717, 1.165) is 29.9 Å². The molecule has 2 aromatic rings. The molecule has 12 heteroatoms. The minimum absolute atomic E-state index is 0.0419. The van der Waals surface area contributed by atoms with Crippen molar-refractivity contribution in [2.24, 2.45) is 5.10 Å². The van der Waals surface area contributed by atoms with Crippen molar-refractivity contribution >= 4 is 44.8 Å². The average molecular weight is 568 g/mol. The molecule has 38 heavy (non-hydrogen) atoms.